The van der Waals surface area contributed by atoms with E-state index in [1.54, 1.807) is 45.2 Å². The number of carbonyl (C=O) groups is 5. The molecule has 2 rings (SSSR count). The van der Waals surface area contributed by atoms with E-state index in [1.807, 2.05) is 0 Å². The number of nitrogens with one attached hydrogen (secondary N) is 2. The summed E-state index contributed by atoms with van der Waals surface area (Å²) in [5.41, 5.74) is 6.30. The maximum atomic E-state index is 12.9. The number of Topliss-reactive ketones (excluding diaryl/α,β-unsaturated/α-hetero) is 2. The van der Waals surface area contributed by atoms with Gasteiger partial charge >= 0.3 is 6.16 Å². The highest BCUT2D eigenvalue weighted by Gasteiger charge is 2.27. The zero-order chi connectivity index (χ0) is 29.8. The minimum atomic E-state index is -1.15. The van der Waals surface area contributed by atoms with Crippen molar-refractivity contribution in [1.82, 2.24) is 10.6 Å². The number of rotatable bonds is 15. The quantitative estimate of drug-likeness (QED) is 0.126. The SMILES string of the molecule is CN[C@@H](C)C(=O)C[C@@H](C)C(=O)N[C@@H](CC(N)=O)C(=O)Cc1ccc(COC(=O)Oc2ccc([N+](=O)[O-])cc2)cc1. The Balaban J connectivity index is 1.91. The molecule has 40 heavy (non-hydrogen) atoms. The number of nitro benzene ring substituents is 1. The summed E-state index contributed by atoms with van der Waals surface area (Å²) in [5, 5.41) is 16.0. The van der Waals surface area contributed by atoms with Gasteiger partial charge < -0.3 is 25.8 Å². The Hall–Kier alpha value is -4.65. The molecule has 2 aromatic carbocycles. The second-order valence-electron chi connectivity index (χ2n) is 9.16. The Morgan fingerprint density at radius 3 is 2.08 bits per heavy atom. The van der Waals surface area contributed by atoms with Gasteiger partial charge in [-0.15, -0.1) is 0 Å². The zero-order valence-corrected chi connectivity index (χ0v) is 22.4. The first-order valence-electron chi connectivity index (χ1n) is 12.4. The smallest absolute Gasteiger partial charge is 0.429 e. The Morgan fingerprint density at radius 2 is 1.52 bits per heavy atom. The van der Waals surface area contributed by atoms with Crippen LogP contribution in [0.15, 0.2) is 48.5 Å². The molecule has 3 atom stereocenters. The predicted octanol–water partition coefficient (Wildman–Crippen LogP) is 1.99. The molecule has 0 saturated carbocycles. The van der Waals surface area contributed by atoms with Crippen molar-refractivity contribution in [2.75, 3.05) is 7.05 Å². The van der Waals surface area contributed by atoms with Crippen molar-refractivity contribution in [2.45, 2.75) is 51.8 Å². The molecule has 2 amide bonds. The van der Waals surface area contributed by atoms with Crippen molar-refractivity contribution in [1.29, 1.82) is 0 Å². The van der Waals surface area contributed by atoms with Gasteiger partial charge in [-0.1, -0.05) is 31.2 Å². The predicted molar refractivity (Wildman–Crippen MR) is 142 cm³/mol. The molecule has 13 heteroatoms. The summed E-state index contributed by atoms with van der Waals surface area (Å²) >= 11 is 0. The van der Waals surface area contributed by atoms with Crippen LogP contribution in [-0.2, 0) is 36.9 Å². The van der Waals surface area contributed by atoms with Crippen molar-refractivity contribution in [3.05, 3.63) is 69.8 Å². The molecule has 2 aromatic rings. The van der Waals surface area contributed by atoms with Gasteiger partial charge in [0.25, 0.3) is 5.69 Å². The van der Waals surface area contributed by atoms with E-state index in [-0.39, 0.29) is 43.1 Å². The van der Waals surface area contributed by atoms with E-state index in [2.05, 4.69) is 10.6 Å². The van der Waals surface area contributed by atoms with Crippen molar-refractivity contribution in [3.8, 4) is 5.75 Å². The Bertz CT molecular complexity index is 1230. The van der Waals surface area contributed by atoms with E-state index in [9.17, 15) is 34.1 Å². The molecule has 0 heterocycles. The molecule has 0 aliphatic heterocycles. The molecular weight excluding hydrogens is 524 g/mol. The van der Waals surface area contributed by atoms with Crippen molar-refractivity contribution in [2.24, 2.45) is 11.7 Å². The van der Waals surface area contributed by atoms with Gasteiger partial charge in [-0.3, -0.25) is 29.3 Å². The molecule has 0 fully saturated rings. The minimum absolute atomic E-state index is 0.0315. The number of nitrogens with zero attached hydrogens (tertiary/aromatic N) is 1. The third kappa shape index (κ3) is 10.3. The van der Waals surface area contributed by atoms with Gasteiger partial charge in [0, 0.05) is 30.9 Å². The van der Waals surface area contributed by atoms with Crippen LogP contribution in [0, 0.1) is 16.0 Å². The van der Waals surface area contributed by atoms with Gasteiger partial charge in [0.15, 0.2) is 5.78 Å². The molecule has 0 aliphatic carbocycles. The monoisotopic (exact) mass is 556 g/mol. The highest BCUT2D eigenvalue weighted by molar-refractivity contribution is 5.95. The number of non-ortho nitro benzene ring substituents is 1. The number of nitro groups is 1. The number of hydrogen-bond donors (Lipinski definition) is 3. The largest absolute Gasteiger partial charge is 0.514 e. The molecule has 0 radical (unpaired) electrons. The summed E-state index contributed by atoms with van der Waals surface area (Å²) < 4.78 is 10.0. The van der Waals surface area contributed by atoms with Crippen LogP contribution >= 0.6 is 0 Å². The van der Waals surface area contributed by atoms with Gasteiger partial charge in [-0.2, -0.15) is 0 Å². The summed E-state index contributed by atoms with van der Waals surface area (Å²) in [6.45, 7) is 3.10. The number of primary amides is 1. The van der Waals surface area contributed by atoms with Crippen LogP contribution < -0.4 is 21.1 Å². The topological polar surface area (TPSA) is 197 Å². The molecule has 214 valence electrons. The van der Waals surface area contributed by atoms with E-state index in [1.165, 1.54) is 24.3 Å². The summed E-state index contributed by atoms with van der Waals surface area (Å²) in [5.74, 6) is -2.53. The molecule has 4 N–H and O–H groups in total. The van der Waals surface area contributed by atoms with Crippen LogP contribution in [0.4, 0.5) is 10.5 Å². The molecular formula is C27H32N4O9. The molecule has 0 aromatic heterocycles. The molecule has 0 bridgehead atoms. The normalized spacial score (nSPS) is 12.9. The first-order valence-corrected chi connectivity index (χ1v) is 12.4. The van der Waals surface area contributed by atoms with E-state index in [0.717, 1.165) is 0 Å². The van der Waals surface area contributed by atoms with Crippen LogP contribution in [0.1, 0.15) is 37.8 Å². The van der Waals surface area contributed by atoms with Gasteiger partial charge in [-0.05, 0) is 37.2 Å². The lowest BCUT2D eigenvalue weighted by Gasteiger charge is -2.20. The van der Waals surface area contributed by atoms with Crippen LogP contribution in [0.5, 0.6) is 5.75 Å². The second-order valence-corrected chi connectivity index (χ2v) is 9.16. The lowest BCUT2D eigenvalue weighted by atomic mass is 9.97. The van der Waals surface area contributed by atoms with Crippen molar-refractivity contribution < 1.29 is 38.4 Å². The third-order valence-electron chi connectivity index (χ3n) is 5.99. The van der Waals surface area contributed by atoms with Crippen LogP contribution in [0.3, 0.4) is 0 Å². The lowest BCUT2D eigenvalue weighted by Crippen LogP contribution is -2.46. The summed E-state index contributed by atoms with van der Waals surface area (Å²) in [6, 6.07) is 9.84. The number of ketones is 2. The maximum absolute atomic E-state index is 12.9. The number of nitrogens with two attached hydrogens (primary N) is 1. The third-order valence-corrected chi connectivity index (χ3v) is 5.99. The standard InChI is InChI=1S/C27H32N4O9/c1-16(12-23(32)17(2)29-3)26(35)30-22(14-25(28)34)24(33)13-18-4-6-19(7-5-18)15-39-27(36)40-21-10-8-20(9-11-21)31(37)38/h4-11,16-17,22,29H,12-15H2,1-3H3,(H2,28,34)(H,30,35)/t16-,17+,22+/m1/s1. The molecule has 0 spiro atoms. The first-order chi connectivity index (χ1) is 18.9. The van der Waals surface area contributed by atoms with Crippen molar-refractivity contribution in [3.63, 3.8) is 0 Å². The number of likely N-dealkylation sites (N-methyl/N-ethyl adjacent to an activating group) is 1. The maximum Gasteiger partial charge on any atom is 0.514 e. The number of amides is 2. The Kier molecular flexibility index (Phi) is 11.9. The summed E-state index contributed by atoms with van der Waals surface area (Å²) in [6.07, 6.45) is -1.53. The Labute approximate surface area is 230 Å². The number of ether oxygens (including phenoxy) is 2. The van der Waals surface area contributed by atoms with E-state index in [0.29, 0.717) is 11.1 Å². The number of benzene rings is 2. The highest BCUT2D eigenvalue weighted by Crippen LogP contribution is 2.18. The number of carbonyl (C=O) groups excluding carboxylic acids is 5. The van der Waals surface area contributed by atoms with E-state index in [4.69, 9.17) is 15.2 Å². The van der Waals surface area contributed by atoms with Crippen LogP contribution in [0.25, 0.3) is 0 Å². The number of hydrogen-bond acceptors (Lipinski definition) is 10. The summed E-state index contributed by atoms with van der Waals surface area (Å²) in [4.78, 5) is 71.2. The van der Waals surface area contributed by atoms with Crippen molar-refractivity contribution >= 4 is 35.2 Å². The second kappa shape index (κ2) is 15.1. The lowest BCUT2D eigenvalue weighted by molar-refractivity contribution is -0.384. The fourth-order valence-electron chi connectivity index (χ4n) is 3.47. The summed E-state index contributed by atoms with van der Waals surface area (Å²) in [7, 11) is 1.63. The fraction of sp³-hybridized carbons (Fsp3) is 0.370. The van der Waals surface area contributed by atoms with E-state index < -0.39 is 46.7 Å². The molecule has 0 unspecified atom stereocenters. The van der Waals surface area contributed by atoms with Crippen LogP contribution in [0.2, 0.25) is 0 Å². The molecule has 0 aliphatic rings. The minimum Gasteiger partial charge on any atom is -0.429 e. The van der Waals surface area contributed by atoms with Crippen LogP contribution in [-0.4, -0.2) is 53.6 Å². The van der Waals surface area contributed by atoms with Gasteiger partial charge in [0.2, 0.25) is 11.8 Å². The fourth-order valence-corrected chi connectivity index (χ4v) is 3.47. The average Bonchev–Trinajstić information content (AvgIpc) is 2.91. The molecule has 13 nitrogen and oxygen atoms in total. The van der Waals surface area contributed by atoms with E-state index >= 15 is 0 Å². The van der Waals surface area contributed by atoms with Gasteiger partial charge in [0.05, 0.1) is 23.4 Å². The average molecular weight is 557 g/mol. The van der Waals surface area contributed by atoms with Gasteiger partial charge in [0.1, 0.15) is 18.1 Å². The van der Waals surface area contributed by atoms with Gasteiger partial charge in [-0.25, -0.2) is 4.79 Å². The zero-order valence-electron chi connectivity index (χ0n) is 22.4. The molecule has 0 saturated heterocycles. The highest BCUT2D eigenvalue weighted by atomic mass is 16.7. The Morgan fingerprint density at radius 1 is 0.925 bits per heavy atom. The first kappa shape index (κ1) is 31.6.